The van der Waals surface area contributed by atoms with Crippen LogP contribution in [-0.4, -0.2) is 39.4 Å². The minimum Gasteiger partial charge on any atom is -0.495 e. The van der Waals surface area contributed by atoms with Gasteiger partial charge in [-0.2, -0.15) is 0 Å². The van der Waals surface area contributed by atoms with Gasteiger partial charge in [-0.25, -0.2) is 14.3 Å². The van der Waals surface area contributed by atoms with Crippen LogP contribution in [0.5, 0.6) is 5.75 Å². The average molecular weight is 461 g/mol. The molecule has 0 bridgehead atoms. The Balaban J connectivity index is 1.83. The van der Waals surface area contributed by atoms with Crippen molar-refractivity contribution >= 4 is 39.4 Å². The number of hydrogen-bond acceptors (Lipinski definition) is 7. The fourth-order valence-electron chi connectivity index (χ4n) is 3.94. The highest BCUT2D eigenvalue weighted by molar-refractivity contribution is 8.00. The molecular formula is C21H24N4O4S2. The Bertz CT molecular complexity index is 1220. The summed E-state index contributed by atoms with van der Waals surface area (Å²) in [5.74, 6) is 0.146. The number of benzene rings is 1. The Morgan fingerprint density at radius 1 is 1.26 bits per heavy atom. The Morgan fingerprint density at radius 2 is 2.00 bits per heavy atom. The number of para-hydroxylation sites is 2. The SMILES string of the molecule is COc1ccccc1-n1c(=O)c2sc(SC)nc2n(CC(=O)NC2CCCCC2)c1=O. The van der Waals surface area contributed by atoms with Gasteiger partial charge >= 0.3 is 5.69 Å². The van der Waals surface area contributed by atoms with E-state index >= 15 is 0 Å². The highest BCUT2D eigenvalue weighted by Crippen LogP contribution is 2.26. The molecule has 31 heavy (non-hydrogen) atoms. The topological polar surface area (TPSA) is 95.2 Å². The van der Waals surface area contributed by atoms with Crippen LogP contribution in [0, 0.1) is 0 Å². The Labute approximate surface area is 187 Å². The second-order valence-corrected chi connectivity index (χ2v) is 9.47. The fraction of sp³-hybridized carbons (Fsp3) is 0.429. The molecule has 0 saturated heterocycles. The lowest BCUT2D eigenvalue weighted by Gasteiger charge is -2.23. The molecule has 1 aliphatic rings. The number of rotatable bonds is 6. The third-order valence-corrected chi connectivity index (χ3v) is 7.46. The minimum atomic E-state index is -0.612. The van der Waals surface area contributed by atoms with Crippen LogP contribution in [0.2, 0.25) is 0 Å². The van der Waals surface area contributed by atoms with Gasteiger partial charge in [-0.15, -0.1) is 11.3 Å². The Morgan fingerprint density at radius 3 is 2.71 bits per heavy atom. The zero-order chi connectivity index (χ0) is 22.0. The second-order valence-electron chi connectivity index (χ2n) is 7.42. The number of aromatic nitrogens is 3. The van der Waals surface area contributed by atoms with E-state index in [1.807, 2.05) is 6.26 Å². The van der Waals surface area contributed by atoms with E-state index in [0.717, 1.165) is 30.3 Å². The van der Waals surface area contributed by atoms with E-state index in [1.54, 1.807) is 24.3 Å². The first kappa shape index (κ1) is 21.6. The van der Waals surface area contributed by atoms with Gasteiger partial charge in [-0.3, -0.25) is 14.2 Å². The maximum Gasteiger partial charge on any atom is 0.337 e. The van der Waals surface area contributed by atoms with Crippen molar-refractivity contribution in [3.05, 3.63) is 45.1 Å². The number of methoxy groups -OCH3 is 1. The number of nitrogens with zero attached hydrogens (tertiary/aromatic N) is 3. The lowest BCUT2D eigenvalue weighted by molar-refractivity contribution is -0.122. The van der Waals surface area contributed by atoms with Gasteiger partial charge in [-0.1, -0.05) is 43.2 Å². The smallest absolute Gasteiger partial charge is 0.337 e. The third kappa shape index (κ3) is 4.27. The zero-order valence-electron chi connectivity index (χ0n) is 17.4. The summed E-state index contributed by atoms with van der Waals surface area (Å²) in [6.07, 6.45) is 7.13. The van der Waals surface area contributed by atoms with Crippen molar-refractivity contribution in [3.8, 4) is 11.4 Å². The predicted octanol–water partition coefficient (Wildman–Crippen LogP) is 2.79. The summed E-state index contributed by atoms with van der Waals surface area (Å²) in [6, 6.07) is 6.96. The maximum absolute atomic E-state index is 13.4. The predicted molar refractivity (Wildman–Crippen MR) is 123 cm³/mol. The molecule has 10 heteroatoms. The van der Waals surface area contributed by atoms with Crippen molar-refractivity contribution < 1.29 is 9.53 Å². The number of carbonyl (C=O) groups excluding carboxylic acids is 1. The fourth-order valence-corrected chi connectivity index (χ4v) is 5.43. The van der Waals surface area contributed by atoms with Gasteiger partial charge in [0, 0.05) is 6.04 Å². The van der Waals surface area contributed by atoms with E-state index in [2.05, 4.69) is 10.3 Å². The molecular weight excluding hydrogens is 436 g/mol. The monoisotopic (exact) mass is 460 g/mol. The number of thioether (sulfide) groups is 1. The molecule has 8 nitrogen and oxygen atoms in total. The normalized spacial score (nSPS) is 14.6. The van der Waals surface area contributed by atoms with E-state index in [9.17, 15) is 14.4 Å². The maximum atomic E-state index is 13.4. The van der Waals surface area contributed by atoms with Gasteiger partial charge in [-0.05, 0) is 31.2 Å². The Hall–Kier alpha value is -2.59. The first-order valence-electron chi connectivity index (χ1n) is 10.2. The summed E-state index contributed by atoms with van der Waals surface area (Å²) in [4.78, 5) is 43.9. The van der Waals surface area contributed by atoms with E-state index in [4.69, 9.17) is 4.74 Å². The molecule has 3 aromatic rings. The molecule has 2 aromatic heterocycles. The molecule has 0 unspecified atom stereocenters. The van der Waals surface area contributed by atoms with Gasteiger partial charge in [0.2, 0.25) is 5.91 Å². The number of fused-ring (bicyclic) bond motifs is 1. The number of carbonyl (C=O) groups is 1. The molecule has 1 aromatic carbocycles. The average Bonchev–Trinajstić information content (AvgIpc) is 3.23. The molecule has 1 aliphatic carbocycles. The second kappa shape index (κ2) is 9.27. The number of amides is 1. The summed E-state index contributed by atoms with van der Waals surface area (Å²) < 4.78 is 8.71. The van der Waals surface area contributed by atoms with E-state index in [0.29, 0.717) is 20.5 Å². The lowest BCUT2D eigenvalue weighted by atomic mass is 9.95. The first-order chi connectivity index (χ1) is 15.0. The van der Waals surface area contributed by atoms with Gasteiger partial charge < -0.3 is 10.1 Å². The van der Waals surface area contributed by atoms with E-state index < -0.39 is 11.2 Å². The van der Waals surface area contributed by atoms with Crippen LogP contribution in [0.1, 0.15) is 32.1 Å². The van der Waals surface area contributed by atoms with Crippen LogP contribution in [0.3, 0.4) is 0 Å². The minimum absolute atomic E-state index is 0.129. The third-order valence-electron chi connectivity index (χ3n) is 5.44. The number of hydrogen-bond donors (Lipinski definition) is 1. The molecule has 1 N–H and O–H groups in total. The summed E-state index contributed by atoms with van der Waals surface area (Å²) in [5, 5.41) is 3.04. The van der Waals surface area contributed by atoms with Crippen LogP contribution in [0.25, 0.3) is 16.0 Å². The molecule has 1 fully saturated rings. The highest BCUT2D eigenvalue weighted by Gasteiger charge is 2.23. The molecule has 0 aliphatic heterocycles. The largest absolute Gasteiger partial charge is 0.495 e. The van der Waals surface area contributed by atoms with Crippen LogP contribution < -0.4 is 21.3 Å². The Kier molecular flexibility index (Phi) is 6.47. The summed E-state index contributed by atoms with van der Waals surface area (Å²) in [6.45, 7) is -0.196. The van der Waals surface area contributed by atoms with Crippen LogP contribution in [-0.2, 0) is 11.3 Å². The van der Waals surface area contributed by atoms with Crippen molar-refractivity contribution in [2.24, 2.45) is 0 Å². The number of thiazole rings is 1. The summed E-state index contributed by atoms with van der Waals surface area (Å²) >= 11 is 2.61. The van der Waals surface area contributed by atoms with Crippen LogP contribution >= 0.6 is 23.1 Å². The molecule has 1 amide bonds. The van der Waals surface area contributed by atoms with Crippen LogP contribution in [0.15, 0.2) is 38.2 Å². The van der Waals surface area contributed by atoms with Crippen molar-refractivity contribution in [3.63, 3.8) is 0 Å². The van der Waals surface area contributed by atoms with Crippen molar-refractivity contribution in [2.45, 2.75) is 49.0 Å². The molecule has 2 heterocycles. The molecule has 1 saturated carbocycles. The lowest BCUT2D eigenvalue weighted by Crippen LogP contribution is -2.44. The van der Waals surface area contributed by atoms with Gasteiger partial charge in [0.1, 0.15) is 17.0 Å². The molecule has 0 radical (unpaired) electrons. The van der Waals surface area contributed by atoms with Crippen molar-refractivity contribution in [1.82, 2.24) is 19.4 Å². The van der Waals surface area contributed by atoms with E-state index in [1.165, 1.54) is 41.2 Å². The van der Waals surface area contributed by atoms with Crippen molar-refractivity contribution in [1.29, 1.82) is 0 Å². The molecule has 4 rings (SSSR count). The number of ether oxygens (including phenoxy) is 1. The number of nitrogens with one attached hydrogen (secondary N) is 1. The van der Waals surface area contributed by atoms with Crippen molar-refractivity contribution in [2.75, 3.05) is 13.4 Å². The highest BCUT2D eigenvalue weighted by atomic mass is 32.2. The van der Waals surface area contributed by atoms with Gasteiger partial charge in [0.25, 0.3) is 5.56 Å². The zero-order valence-corrected chi connectivity index (χ0v) is 19.1. The van der Waals surface area contributed by atoms with Crippen LogP contribution in [0.4, 0.5) is 0 Å². The summed E-state index contributed by atoms with van der Waals surface area (Å²) in [7, 11) is 1.48. The standard InChI is InChI=1S/C21H24N4O4S2/c1-29-15-11-7-6-10-14(15)25-19(27)17-18(23-20(30-2)31-17)24(21(25)28)12-16(26)22-13-8-4-3-5-9-13/h6-7,10-11,13H,3-5,8-9,12H2,1-2H3,(H,22,26). The quantitative estimate of drug-likeness (QED) is 0.569. The van der Waals surface area contributed by atoms with Gasteiger partial charge in [0.05, 0.1) is 12.8 Å². The first-order valence-corrected chi connectivity index (χ1v) is 12.2. The van der Waals surface area contributed by atoms with E-state index in [-0.39, 0.29) is 24.1 Å². The molecule has 0 atom stereocenters. The van der Waals surface area contributed by atoms with Gasteiger partial charge in [0.15, 0.2) is 9.99 Å². The summed E-state index contributed by atoms with van der Waals surface area (Å²) in [5.41, 5.74) is -0.498. The molecule has 164 valence electrons. The molecule has 0 spiro atoms.